The van der Waals surface area contributed by atoms with Crippen molar-refractivity contribution in [1.29, 1.82) is 0 Å². The first-order valence-corrected chi connectivity index (χ1v) is 8.29. The third kappa shape index (κ3) is 4.27. The highest BCUT2D eigenvalue weighted by Crippen LogP contribution is 2.30. The van der Waals surface area contributed by atoms with Crippen LogP contribution in [0.5, 0.6) is 0 Å². The van der Waals surface area contributed by atoms with Gasteiger partial charge in [-0.1, -0.05) is 60.7 Å². The number of esters is 1. The molecule has 2 aromatic carbocycles. The van der Waals surface area contributed by atoms with Gasteiger partial charge < -0.3 is 14.8 Å². The molecule has 0 aromatic heterocycles. The van der Waals surface area contributed by atoms with Gasteiger partial charge in [0.2, 0.25) is 0 Å². The minimum atomic E-state index is -1.33. The lowest BCUT2D eigenvalue weighted by Crippen LogP contribution is -2.63. The third-order valence-corrected chi connectivity index (χ3v) is 4.16. The summed E-state index contributed by atoms with van der Waals surface area (Å²) >= 11 is 0. The molecule has 6 heteroatoms. The molecule has 1 aliphatic rings. The topological polar surface area (TPSA) is 81.7 Å². The van der Waals surface area contributed by atoms with Crippen molar-refractivity contribution in [2.24, 2.45) is 0 Å². The van der Waals surface area contributed by atoms with Crippen LogP contribution < -0.4 is 5.32 Å². The minimum Gasteiger partial charge on any atom is -0.459 e. The molecule has 2 aromatic rings. The smallest absolute Gasteiger partial charge is 0.408 e. The van der Waals surface area contributed by atoms with Crippen LogP contribution in [-0.2, 0) is 32.3 Å². The number of rotatable bonds is 6. The maximum absolute atomic E-state index is 12.4. The Hall–Kier alpha value is -3.15. The van der Waals surface area contributed by atoms with Crippen molar-refractivity contribution in [3.8, 4) is 0 Å². The van der Waals surface area contributed by atoms with Crippen molar-refractivity contribution in [3.63, 3.8) is 0 Å². The van der Waals surface area contributed by atoms with Crippen molar-refractivity contribution in [3.05, 3.63) is 71.8 Å². The molecule has 0 unspecified atom stereocenters. The molecule has 0 heterocycles. The van der Waals surface area contributed by atoms with Crippen LogP contribution in [0.4, 0.5) is 4.79 Å². The van der Waals surface area contributed by atoms with E-state index in [1.807, 2.05) is 60.7 Å². The van der Waals surface area contributed by atoms with Crippen LogP contribution in [0.1, 0.15) is 24.0 Å². The normalized spacial score (nSPS) is 14.8. The molecular weight excluding hydrogens is 334 g/mol. The molecule has 3 rings (SSSR count). The molecule has 0 atom stereocenters. The third-order valence-electron chi connectivity index (χ3n) is 4.16. The Balaban J connectivity index is 1.55. The largest absolute Gasteiger partial charge is 0.459 e. The Bertz CT molecular complexity index is 780. The van der Waals surface area contributed by atoms with E-state index in [9.17, 15) is 14.4 Å². The van der Waals surface area contributed by atoms with Crippen molar-refractivity contribution >= 4 is 17.8 Å². The fraction of sp³-hybridized carbons (Fsp3) is 0.250. The van der Waals surface area contributed by atoms with Crippen LogP contribution in [0.2, 0.25) is 0 Å². The lowest BCUT2D eigenvalue weighted by atomic mass is 9.75. The Morgan fingerprint density at radius 3 is 1.85 bits per heavy atom. The molecule has 1 saturated carbocycles. The zero-order valence-corrected chi connectivity index (χ0v) is 14.1. The van der Waals surface area contributed by atoms with E-state index >= 15 is 0 Å². The highest BCUT2D eigenvalue weighted by Gasteiger charge is 2.52. The van der Waals surface area contributed by atoms with E-state index in [0.29, 0.717) is 0 Å². The summed E-state index contributed by atoms with van der Waals surface area (Å²) in [7, 11) is 0. The second-order valence-electron chi connectivity index (χ2n) is 6.22. The van der Waals surface area contributed by atoms with Gasteiger partial charge in [0.25, 0.3) is 0 Å². The second kappa shape index (κ2) is 7.82. The average Bonchev–Trinajstić information content (AvgIpc) is 2.64. The fourth-order valence-corrected chi connectivity index (χ4v) is 2.72. The van der Waals surface area contributed by atoms with Gasteiger partial charge in [0, 0.05) is 12.8 Å². The summed E-state index contributed by atoms with van der Waals surface area (Å²) in [5, 5.41) is 2.51. The molecule has 1 fully saturated rings. The van der Waals surface area contributed by atoms with Crippen molar-refractivity contribution in [2.75, 3.05) is 0 Å². The van der Waals surface area contributed by atoms with Gasteiger partial charge in [0.1, 0.15) is 19.0 Å². The summed E-state index contributed by atoms with van der Waals surface area (Å²) < 4.78 is 10.4. The van der Waals surface area contributed by atoms with Crippen LogP contribution in [0.3, 0.4) is 0 Å². The van der Waals surface area contributed by atoms with E-state index in [0.717, 1.165) is 11.1 Å². The zero-order chi connectivity index (χ0) is 18.4. The first-order chi connectivity index (χ1) is 12.6. The Kier molecular flexibility index (Phi) is 5.31. The Labute approximate surface area is 151 Å². The highest BCUT2D eigenvalue weighted by atomic mass is 16.6. The molecule has 1 aliphatic carbocycles. The SMILES string of the molecule is O=C1CC(NC(=O)OCc2ccccc2)(C(=O)OCc2ccccc2)C1. The Morgan fingerprint density at radius 1 is 0.846 bits per heavy atom. The summed E-state index contributed by atoms with van der Waals surface area (Å²) in [5.41, 5.74) is 0.320. The van der Waals surface area contributed by atoms with E-state index < -0.39 is 17.6 Å². The predicted molar refractivity (Wildman–Crippen MR) is 93.0 cm³/mol. The van der Waals surface area contributed by atoms with Gasteiger partial charge in [0.15, 0.2) is 5.54 Å². The lowest BCUT2D eigenvalue weighted by molar-refractivity contribution is -0.161. The first kappa shape index (κ1) is 17.7. The quantitative estimate of drug-likeness (QED) is 0.808. The summed E-state index contributed by atoms with van der Waals surface area (Å²) in [5.74, 6) is -0.734. The van der Waals surface area contributed by atoms with E-state index in [-0.39, 0.29) is 31.8 Å². The van der Waals surface area contributed by atoms with E-state index in [1.54, 1.807) is 0 Å². The standard InChI is InChI=1S/C20H19NO5/c22-17-11-20(12-17,18(23)25-13-15-7-3-1-4-8-15)21-19(24)26-14-16-9-5-2-6-10-16/h1-10H,11-14H2,(H,21,24). The lowest BCUT2D eigenvalue weighted by Gasteiger charge is -2.37. The van der Waals surface area contributed by atoms with Gasteiger partial charge in [-0.05, 0) is 11.1 Å². The van der Waals surface area contributed by atoms with Crippen LogP contribution in [-0.4, -0.2) is 23.4 Å². The minimum absolute atomic E-state index is 0.0791. The maximum Gasteiger partial charge on any atom is 0.408 e. The van der Waals surface area contributed by atoms with Gasteiger partial charge in [-0.15, -0.1) is 0 Å². The molecule has 6 nitrogen and oxygen atoms in total. The number of Topliss-reactive ketones (excluding diaryl/α,β-unsaturated/α-hetero) is 1. The number of carbonyl (C=O) groups is 3. The van der Waals surface area contributed by atoms with Crippen LogP contribution in [0.15, 0.2) is 60.7 Å². The molecule has 1 N–H and O–H groups in total. The summed E-state index contributed by atoms with van der Waals surface area (Å²) in [6.45, 7) is 0.159. The number of hydrogen-bond acceptors (Lipinski definition) is 5. The predicted octanol–water partition coefficient (Wildman–Crippen LogP) is 2.76. The molecule has 134 valence electrons. The molecular formula is C20H19NO5. The average molecular weight is 353 g/mol. The number of nitrogens with one attached hydrogen (secondary N) is 1. The molecule has 0 bridgehead atoms. The van der Waals surface area contributed by atoms with Crippen LogP contribution in [0, 0.1) is 0 Å². The number of ketones is 1. The van der Waals surface area contributed by atoms with Crippen molar-refractivity contribution < 1.29 is 23.9 Å². The van der Waals surface area contributed by atoms with Crippen LogP contribution >= 0.6 is 0 Å². The molecule has 0 radical (unpaired) electrons. The van der Waals surface area contributed by atoms with Crippen LogP contribution in [0.25, 0.3) is 0 Å². The van der Waals surface area contributed by atoms with Gasteiger partial charge in [0.05, 0.1) is 0 Å². The molecule has 0 aliphatic heterocycles. The molecule has 26 heavy (non-hydrogen) atoms. The van der Waals surface area contributed by atoms with Crippen molar-refractivity contribution in [2.45, 2.75) is 31.6 Å². The number of ether oxygens (including phenoxy) is 2. The van der Waals surface area contributed by atoms with E-state index in [2.05, 4.69) is 5.32 Å². The zero-order valence-electron chi connectivity index (χ0n) is 14.1. The van der Waals surface area contributed by atoms with Gasteiger partial charge in [-0.2, -0.15) is 0 Å². The highest BCUT2D eigenvalue weighted by molar-refractivity contribution is 6.02. The molecule has 0 saturated heterocycles. The van der Waals surface area contributed by atoms with Gasteiger partial charge in [-0.3, -0.25) is 4.79 Å². The fourth-order valence-electron chi connectivity index (χ4n) is 2.72. The number of benzene rings is 2. The molecule has 0 spiro atoms. The number of carbonyl (C=O) groups excluding carboxylic acids is 3. The summed E-state index contributed by atoms with van der Waals surface area (Å²) in [4.78, 5) is 35.9. The first-order valence-electron chi connectivity index (χ1n) is 8.29. The second-order valence-corrected chi connectivity index (χ2v) is 6.22. The van der Waals surface area contributed by atoms with Gasteiger partial charge >= 0.3 is 12.1 Å². The van der Waals surface area contributed by atoms with E-state index in [4.69, 9.17) is 9.47 Å². The number of hydrogen-bond donors (Lipinski definition) is 1. The number of alkyl carbamates (subject to hydrolysis) is 1. The monoisotopic (exact) mass is 353 g/mol. The van der Waals surface area contributed by atoms with Crippen molar-refractivity contribution in [1.82, 2.24) is 5.32 Å². The maximum atomic E-state index is 12.4. The summed E-state index contributed by atoms with van der Waals surface area (Å²) in [6.07, 6.45) is -0.916. The Morgan fingerprint density at radius 2 is 1.35 bits per heavy atom. The van der Waals surface area contributed by atoms with E-state index in [1.165, 1.54) is 0 Å². The molecule has 1 amide bonds. The van der Waals surface area contributed by atoms with Gasteiger partial charge in [-0.25, -0.2) is 9.59 Å². The summed E-state index contributed by atoms with van der Waals surface area (Å²) in [6, 6.07) is 18.4. The number of amides is 1.